The van der Waals surface area contributed by atoms with E-state index in [1.807, 2.05) is 0 Å². The quantitative estimate of drug-likeness (QED) is 0.474. The van der Waals surface area contributed by atoms with Gasteiger partial charge in [0.25, 0.3) is 0 Å². The first kappa shape index (κ1) is 12.0. The van der Waals surface area contributed by atoms with Crippen LogP contribution in [-0.2, 0) is 0 Å². The second-order valence-corrected chi connectivity index (χ2v) is 6.96. The van der Waals surface area contributed by atoms with Crippen molar-refractivity contribution < 1.29 is 0 Å². The lowest BCUT2D eigenvalue weighted by atomic mass is 10.0. The van der Waals surface area contributed by atoms with E-state index in [0.29, 0.717) is 0 Å². The van der Waals surface area contributed by atoms with E-state index in [4.69, 9.17) is 0 Å². The van der Waals surface area contributed by atoms with Crippen LogP contribution in [0.25, 0.3) is 0 Å². The van der Waals surface area contributed by atoms with E-state index in [9.17, 15) is 0 Å². The Labute approximate surface area is 92.0 Å². The average molecular weight is 210 g/mol. The van der Waals surface area contributed by atoms with Gasteiger partial charge in [0, 0.05) is 9.52 Å². The van der Waals surface area contributed by atoms with E-state index in [0.717, 1.165) is 0 Å². The molecule has 0 aliphatic heterocycles. The third-order valence-corrected chi connectivity index (χ3v) is 5.90. The second-order valence-electron chi connectivity index (χ2n) is 4.65. The zero-order valence-electron chi connectivity index (χ0n) is 10.0. The summed E-state index contributed by atoms with van der Waals surface area (Å²) in [5.74, 6) is 0. The van der Waals surface area contributed by atoms with Crippen molar-refractivity contribution in [3.63, 3.8) is 0 Å². The van der Waals surface area contributed by atoms with Crippen LogP contribution in [0, 0.1) is 0 Å². The van der Waals surface area contributed by atoms with Crippen LogP contribution >= 0.6 is 0 Å². The van der Waals surface area contributed by atoms with Gasteiger partial charge in [-0.2, -0.15) is 0 Å². The molecule has 0 aromatic carbocycles. The Kier molecular flexibility index (Phi) is 6.25. The first-order chi connectivity index (χ1) is 6.86. The molecular formula is C13H26Si. The van der Waals surface area contributed by atoms with Gasteiger partial charge in [-0.05, 0) is 18.9 Å². The lowest BCUT2D eigenvalue weighted by Gasteiger charge is -2.20. The third-order valence-electron chi connectivity index (χ3n) is 3.64. The van der Waals surface area contributed by atoms with Gasteiger partial charge in [-0.15, -0.1) is 0 Å². The topological polar surface area (TPSA) is 0 Å². The Bertz CT molecular complexity index is 160. The van der Waals surface area contributed by atoms with Crippen molar-refractivity contribution in [1.82, 2.24) is 0 Å². The van der Waals surface area contributed by atoms with Crippen molar-refractivity contribution in [1.29, 1.82) is 0 Å². The van der Waals surface area contributed by atoms with Crippen molar-refractivity contribution >= 4 is 9.52 Å². The van der Waals surface area contributed by atoms with Crippen LogP contribution in [0.1, 0.15) is 58.8 Å². The van der Waals surface area contributed by atoms with Crippen LogP contribution in [0.5, 0.6) is 0 Å². The van der Waals surface area contributed by atoms with Gasteiger partial charge in [-0.25, -0.2) is 0 Å². The maximum atomic E-state index is 2.56. The van der Waals surface area contributed by atoms with Crippen LogP contribution in [-0.4, -0.2) is 9.52 Å². The number of allylic oxidation sites excluding steroid dienone is 2. The van der Waals surface area contributed by atoms with E-state index >= 15 is 0 Å². The molecule has 0 unspecified atom stereocenters. The number of rotatable bonds is 5. The summed E-state index contributed by atoms with van der Waals surface area (Å²) in [7, 11) is 0.228. The first-order valence-corrected chi connectivity index (χ1v) is 8.36. The van der Waals surface area contributed by atoms with Crippen LogP contribution in [0.15, 0.2) is 11.6 Å². The molecule has 1 aliphatic rings. The minimum absolute atomic E-state index is 0.228. The summed E-state index contributed by atoms with van der Waals surface area (Å²) in [5, 5.41) is 0. The SMILES string of the molecule is CCC(=CC[SiH2]C1CCCCC1)CC. The summed E-state index contributed by atoms with van der Waals surface area (Å²) in [4.78, 5) is 0. The summed E-state index contributed by atoms with van der Waals surface area (Å²) < 4.78 is 0. The Morgan fingerprint density at radius 3 is 2.36 bits per heavy atom. The van der Waals surface area contributed by atoms with E-state index in [-0.39, 0.29) is 9.52 Å². The van der Waals surface area contributed by atoms with Crippen molar-refractivity contribution in [3.8, 4) is 0 Å². The second kappa shape index (κ2) is 7.28. The van der Waals surface area contributed by atoms with Crippen LogP contribution in [0.4, 0.5) is 0 Å². The van der Waals surface area contributed by atoms with Crippen LogP contribution in [0.3, 0.4) is 0 Å². The molecule has 0 atom stereocenters. The van der Waals surface area contributed by atoms with Crippen molar-refractivity contribution in [2.75, 3.05) is 0 Å². The van der Waals surface area contributed by atoms with Crippen LogP contribution in [0.2, 0.25) is 11.6 Å². The Hall–Kier alpha value is -0.0431. The largest absolute Gasteiger partial charge is 0.0885 e. The summed E-state index contributed by atoms with van der Waals surface area (Å²) >= 11 is 0. The lowest BCUT2D eigenvalue weighted by Crippen LogP contribution is -2.07. The summed E-state index contributed by atoms with van der Waals surface area (Å²) in [5.41, 5.74) is 2.88. The van der Waals surface area contributed by atoms with E-state index in [1.54, 1.807) is 18.4 Å². The minimum atomic E-state index is 0.228. The lowest BCUT2D eigenvalue weighted by molar-refractivity contribution is 0.500. The van der Waals surface area contributed by atoms with Gasteiger partial charge in [0.05, 0.1) is 0 Å². The number of hydrogen-bond donors (Lipinski definition) is 0. The normalized spacial score (nSPS) is 19.0. The maximum Gasteiger partial charge on any atom is 0.0272 e. The Morgan fingerprint density at radius 1 is 1.14 bits per heavy atom. The highest BCUT2D eigenvalue weighted by molar-refractivity contribution is 6.38. The van der Waals surface area contributed by atoms with E-state index < -0.39 is 0 Å². The van der Waals surface area contributed by atoms with Crippen molar-refractivity contribution in [2.24, 2.45) is 0 Å². The van der Waals surface area contributed by atoms with E-state index in [1.165, 1.54) is 43.7 Å². The first-order valence-electron chi connectivity index (χ1n) is 6.54. The molecule has 82 valence electrons. The highest BCUT2D eigenvalue weighted by Gasteiger charge is 2.12. The predicted octanol–water partition coefficient (Wildman–Crippen LogP) is 4.07. The Morgan fingerprint density at radius 2 is 1.79 bits per heavy atom. The number of hydrogen-bond acceptors (Lipinski definition) is 0. The highest BCUT2D eigenvalue weighted by atomic mass is 28.2. The molecule has 1 aliphatic carbocycles. The zero-order valence-corrected chi connectivity index (χ0v) is 11.4. The van der Waals surface area contributed by atoms with Gasteiger partial charge in [-0.3, -0.25) is 0 Å². The maximum absolute atomic E-state index is 2.56. The molecule has 1 fully saturated rings. The van der Waals surface area contributed by atoms with Gasteiger partial charge >= 0.3 is 0 Å². The fourth-order valence-electron chi connectivity index (χ4n) is 2.54. The van der Waals surface area contributed by atoms with E-state index in [2.05, 4.69) is 19.9 Å². The molecule has 14 heavy (non-hydrogen) atoms. The third kappa shape index (κ3) is 4.45. The van der Waals surface area contributed by atoms with Gasteiger partial charge in [0.2, 0.25) is 0 Å². The highest BCUT2D eigenvalue weighted by Crippen LogP contribution is 2.28. The average Bonchev–Trinajstić information content (AvgIpc) is 2.26. The molecule has 1 rings (SSSR count). The molecular weight excluding hydrogens is 184 g/mol. The standard InChI is InChI=1S/C13H26Si/c1-3-12(4-2)10-11-14-13-8-6-5-7-9-13/h10,13H,3-9,11,14H2,1-2H3. The molecule has 0 N–H and O–H groups in total. The predicted molar refractivity (Wildman–Crippen MR) is 68.9 cm³/mol. The summed E-state index contributed by atoms with van der Waals surface area (Å²) in [6.07, 6.45) is 12.8. The molecule has 0 aromatic rings. The van der Waals surface area contributed by atoms with Gasteiger partial charge < -0.3 is 0 Å². The van der Waals surface area contributed by atoms with Crippen molar-refractivity contribution in [2.45, 2.75) is 70.4 Å². The molecule has 1 saturated carbocycles. The minimum Gasteiger partial charge on any atom is -0.0885 e. The van der Waals surface area contributed by atoms with Crippen molar-refractivity contribution in [3.05, 3.63) is 11.6 Å². The zero-order chi connectivity index (χ0) is 10.2. The fourth-order valence-corrected chi connectivity index (χ4v) is 4.74. The van der Waals surface area contributed by atoms with Gasteiger partial charge in [-0.1, -0.05) is 63.1 Å². The Balaban J connectivity index is 2.15. The molecule has 0 bridgehead atoms. The van der Waals surface area contributed by atoms with Gasteiger partial charge in [0.1, 0.15) is 0 Å². The molecule has 0 spiro atoms. The molecule has 1 heteroatoms. The molecule has 0 aromatic heterocycles. The summed E-state index contributed by atoms with van der Waals surface area (Å²) in [6, 6.07) is 1.47. The smallest absolute Gasteiger partial charge is 0.0272 e. The monoisotopic (exact) mass is 210 g/mol. The molecule has 0 saturated heterocycles. The summed E-state index contributed by atoms with van der Waals surface area (Å²) in [6.45, 7) is 4.58. The molecule has 0 radical (unpaired) electrons. The molecule has 0 amide bonds. The van der Waals surface area contributed by atoms with Gasteiger partial charge in [0.15, 0.2) is 0 Å². The fraction of sp³-hybridized carbons (Fsp3) is 0.846. The van der Waals surface area contributed by atoms with Crippen LogP contribution < -0.4 is 0 Å². The molecule has 0 heterocycles. The molecule has 0 nitrogen and oxygen atoms in total.